The molecular formula is C15H21NO10. The highest BCUT2D eigenvalue weighted by Gasteiger charge is 2.58. The van der Waals surface area contributed by atoms with Crippen molar-refractivity contribution in [2.24, 2.45) is 17.8 Å². The minimum atomic E-state index is -1.56. The number of hydrogen-bond donors (Lipinski definition) is 0. The third kappa shape index (κ3) is 3.86. The summed E-state index contributed by atoms with van der Waals surface area (Å²) in [5.74, 6) is -8.06. The molecule has 1 aliphatic rings. The van der Waals surface area contributed by atoms with Gasteiger partial charge in [-0.25, -0.2) is 9.59 Å². The van der Waals surface area contributed by atoms with Gasteiger partial charge in [-0.05, 0) is 0 Å². The SMILES string of the molecule is COC(=O)[C@@H]1[C@H](C(=O)OC)[C@H](C(=O)OC)N(C(=O)OC)C[C@@H]1C(=O)OC. The van der Waals surface area contributed by atoms with Crippen molar-refractivity contribution in [3.05, 3.63) is 0 Å². The number of rotatable bonds is 4. The van der Waals surface area contributed by atoms with Gasteiger partial charge in [-0.3, -0.25) is 19.3 Å². The van der Waals surface area contributed by atoms with Gasteiger partial charge in [0.25, 0.3) is 0 Å². The topological polar surface area (TPSA) is 135 Å². The molecule has 4 atom stereocenters. The van der Waals surface area contributed by atoms with Crippen molar-refractivity contribution in [3.63, 3.8) is 0 Å². The molecule has 0 aromatic rings. The normalized spacial score (nSPS) is 24.9. The van der Waals surface area contributed by atoms with Crippen molar-refractivity contribution < 1.29 is 47.7 Å². The van der Waals surface area contributed by atoms with Gasteiger partial charge in [0, 0.05) is 6.54 Å². The van der Waals surface area contributed by atoms with E-state index in [1.807, 2.05) is 0 Å². The molecule has 1 heterocycles. The fourth-order valence-electron chi connectivity index (χ4n) is 3.01. The van der Waals surface area contributed by atoms with Crippen molar-refractivity contribution in [2.45, 2.75) is 6.04 Å². The molecule has 0 radical (unpaired) electrons. The van der Waals surface area contributed by atoms with Gasteiger partial charge in [0.1, 0.15) is 12.0 Å². The predicted molar refractivity (Wildman–Crippen MR) is 81.4 cm³/mol. The van der Waals surface area contributed by atoms with Gasteiger partial charge in [-0.2, -0.15) is 0 Å². The van der Waals surface area contributed by atoms with Gasteiger partial charge in [-0.15, -0.1) is 0 Å². The molecule has 1 saturated heterocycles. The van der Waals surface area contributed by atoms with Gasteiger partial charge in [0.15, 0.2) is 0 Å². The molecule has 0 bridgehead atoms. The Labute approximate surface area is 149 Å². The Kier molecular flexibility index (Phi) is 7.35. The summed E-state index contributed by atoms with van der Waals surface area (Å²) in [7, 11) is 5.29. The Morgan fingerprint density at radius 1 is 0.654 bits per heavy atom. The summed E-state index contributed by atoms with van der Waals surface area (Å²) in [4.78, 5) is 62.1. The average Bonchev–Trinajstić information content (AvgIpc) is 2.68. The van der Waals surface area contributed by atoms with Crippen molar-refractivity contribution >= 4 is 30.0 Å². The van der Waals surface area contributed by atoms with Crippen molar-refractivity contribution in [2.75, 3.05) is 42.1 Å². The first-order chi connectivity index (χ1) is 12.3. The number of amides is 1. The van der Waals surface area contributed by atoms with Crippen molar-refractivity contribution in [3.8, 4) is 0 Å². The van der Waals surface area contributed by atoms with Gasteiger partial charge < -0.3 is 23.7 Å². The lowest BCUT2D eigenvalue weighted by Gasteiger charge is -2.43. The Balaban J connectivity index is 3.60. The predicted octanol–water partition coefficient (Wildman–Crippen LogP) is -1.02. The van der Waals surface area contributed by atoms with Crippen molar-refractivity contribution in [1.82, 2.24) is 4.90 Å². The summed E-state index contributed by atoms with van der Waals surface area (Å²) >= 11 is 0. The summed E-state index contributed by atoms with van der Waals surface area (Å²) in [6.07, 6.45) is -0.994. The Bertz CT molecular complexity index is 547. The average molecular weight is 375 g/mol. The molecule has 0 aromatic heterocycles. The minimum absolute atomic E-state index is 0.424. The molecule has 11 heteroatoms. The highest BCUT2D eigenvalue weighted by Crippen LogP contribution is 2.37. The fourth-order valence-corrected chi connectivity index (χ4v) is 3.01. The first-order valence-electron chi connectivity index (χ1n) is 7.44. The molecule has 11 nitrogen and oxygen atoms in total. The molecule has 0 aliphatic carbocycles. The van der Waals surface area contributed by atoms with Gasteiger partial charge >= 0.3 is 30.0 Å². The van der Waals surface area contributed by atoms with Crippen LogP contribution < -0.4 is 0 Å². The van der Waals surface area contributed by atoms with E-state index >= 15 is 0 Å². The number of nitrogens with zero attached hydrogens (tertiary/aromatic N) is 1. The zero-order valence-corrected chi connectivity index (χ0v) is 15.0. The largest absolute Gasteiger partial charge is 0.469 e. The number of methoxy groups -OCH3 is 5. The van der Waals surface area contributed by atoms with E-state index < -0.39 is 60.3 Å². The summed E-state index contributed by atoms with van der Waals surface area (Å²) in [5.41, 5.74) is 0. The maximum atomic E-state index is 12.4. The number of ether oxygens (including phenoxy) is 5. The number of esters is 4. The number of carbonyl (C=O) groups is 5. The van der Waals surface area contributed by atoms with Gasteiger partial charge in [0.05, 0.1) is 47.4 Å². The van der Waals surface area contributed by atoms with Crippen LogP contribution in [0, 0.1) is 17.8 Å². The van der Waals surface area contributed by atoms with E-state index in [0.29, 0.717) is 0 Å². The van der Waals surface area contributed by atoms with Crippen LogP contribution in [0.5, 0.6) is 0 Å². The minimum Gasteiger partial charge on any atom is -0.469 e. The highest BCUT2D eigenvalue weighted by molar-refractivity contribution is 5.94. The van der Waals surface area contributed by atoms with E-state index in [1.54, 1.807) is 0 Å². The van der Waals surface area contributed by atoms with Crippen LogP contribution in [0.15, 0.2) is 0 Å². The van der Waals surface area contributed by atoms with Crippen LogP contribution in [0.25, 0.3) is 0 Å². The van der Waals surface area contributed by atoms with E-state index in [2.05, 4.69) is 23.7 Å². The number of carbonyl (C=O) groups excluding carboxylic acids is 5. The van der Waals surface area contributed by atoms with Crippen LogP contribution in [-0.4, -0.2) is 83.0 Å². The lowest BCUT2D eigenvalue weighted by atomic mass is 9.73. The van der Waals surface area contributed by atoms with Crippen molar-refractivity contribution in [1.29, 1.82) is 0 Å². The molecule has 1 amide bonds. The fraction of sp³-hybridized carbons (Fsp3) is 0.667. The van der Waals surface area contributed by atoms with E-state index in [4.69, 9.17) is 0 Å². The van der Waals surface area contributed by atoms with E-state index in [1.165, 1.54) is 0 Å². The Morgan fingerprint density at radius 3 is 1.54 bits per heavy atom. The molecule has 0 aromatic carbocycles. The molecule has 1 aliphatic heterocycles. The first-order valence-corrected chi connectivity index (χ1v) is 7.44. The van der Waals surface area contributed by atoms with Crippen LogP contribution in [-0.2, 0) is 42.9 Å². The lowest BCUT2D eigenvalue weighted by Crippen LogP contribution is -2.64. The summed E-state index contributed by atoms with van der Waals surface area (Å²) in [6.45, 7) is -0.424. The maximum Gasteiger partial charge on any atom is 0.410 e. The van der Waals surface area contributed by atoms with Crippen LogP contribution in [0.2, 0.25) is 0 Å². The molecule has 26 heavy (non-hydrogen) atoms. The molecule has 146 valence electrons. The second-order valence-electron chi connectivity index (χ2n) is 5.32. The van der Waals surface area contributed by atoms with E-state index in [9.17, 15) is 24.0 Å². The Morgan fingerprint density at radius 2 is 1.12 bits per heavy atom. The second-order valence-corrected chi connectivity index (χ2v) is 5.32. The summed E-state index contributed by atoms with van der Waals surface area (Å²) in [5, 5.41) is 0. The van der Waals surface area contributed by atoms with Crippen LogP contribution in [0.3, 0.4) is 0 Å². The lowest BCUT2D eigenvalue weighted by molar-refractivity contribution is -0.179. The first kappa shape index (κ1) is 21.2. The molecular weight excluding hydrogens is 354 g/mol. The monoisotopic (exact) mass is 375 g/mol. The molecule has 0 unspecified atom stereocenters. The third-order valence-corrected chi connectivity index (χ3v) is 4.19. The smallest absolute Gasteiger partial charge is 0.410 e. The standard InChI is InChI=1S/C15H21NO10/c1-22-11(17)7-6-16(15(21)26-5)10(14(20)25-4)9(13(19)24-3)8(7)12(18)23-2/h7-10H,6H2,1-5H3/t7-,8-,9-,10+/m0/s1. The van der Waals surface area contributed by atoms with E-state index in [0.717, 1.165) is 40.4 Å². The van der Waals surface area contributed by atoms with Crippen LogP contribution >= 0.6 is 0 Å². The summed E-state index contributed by atoms with van der Waals surface area (Å²) < 4.78 is 23.3. The molecule has 0 N–H and O–H groups in total. The number of likely N-dealkylation sites (tertiary alicyclic amines) is 1. The summed E-state index contributed by atoms with van der Waals surface area (Å²) in [6, 6.07) is -1.55. The zero-order chi connectivity index (χ0) is 20.0. The van der Waals surface area contributed by atoms with Gasteiger partial charge in [0.2, 0.25) is 0 Å². The van der Waals surface area contributed by atoms with Crippen LogP contribution in [0.1, 0.15) is 0 Å². The van der Waals surface area contributed by atoms with E-state index in [-0.39, 0.29) is 0 Å². The Hall–Kier alpha value is -2.85. The molecule has 0 spiro atoms. The zero-order valence-electron chi connectivity index (χ0n) is 15.0. The highest BCUT2D eigenvalue weighted by atomic mass is 16.6. The number of hydrogen-bond acceptors (Lipinski definition) is 10. The van der Waals surface area contributed by atoms with Gasteiger partial charge in [-0.1, -0.05) is 0 Å². The quantitative estimate of drug-likeness (QED) is 0.443. The molecule has 0 saturated carbocycles. The third-order valence-electron chi connectivity index (χ3n) is 4.19. The van der Waals surface area contributed by atoms with Crippen LogP contribution in [0.4, 0.5) is 4.79 Å². The number of piperidine rings is 1. The molecule has 1 fully saturated rings. The molecule has 1 rings (SSSR count). The maximum absolute atomic E-state index is 12.4. The second kappa shape index (κ2) is 9.02.